The summed E-state index contributed by atoms with van der Waals surface area (Å²) in [5.41, 5.74) is 0. The molecule has 0 saturated heterocycles. The normalized spacial score (nSPS) is 12.0. The maximum Gasteiger partial charge on any atom is 0.309 e. The molecule has 0 N–H and O–H groups in total. The van der Waals surface area contributed by atoms with E-state index in [0.717, 1.165) is 38.5 Å². The molecule has 30 heavy (non-hydrogen) atoms. The van der Waals surface area contributed by atoms with Gasteiger partial charge in [0.1, 0.15) is 6.16 Å². The Kier molecular flexibility index (Phi) is 25.4. The number of hydrogen-bond acceptors (Lipinski definition) is 6. The van der Waals surface area contributed by atoms with Gasteiger partial charge in [0, 0.05) is 36.0 Å². The molecule has 0 rings (SSSR count). The minimum atomic E-state index is -2.59. The molecule has 0 aromatic carbocycles. The van der Waals surface area contributed by atoms with Crippen LogP contribution in [-0.2, 0) is 23.6 Å². The molecular weight excluding hydrogens is 414 g/mol. The van der Waals surface area contributed by atoms with E-state index in [2.05, 4.69) is 13.8 Å². The van der Waals surface area contributed by atoms with Crippen LogP contribution in [0.2, 0.25) is 0 Å². The average molecular weight is 456 g/mol. The second-order valence-corrected chi connectivity index (χ2v) is 8.78. The van der Waals surface area contributed by atoms with Crippen molar-refractivity contribution in [2.45, 2.75) is 104 Å². The first kappa shape index (κ1) is 32.2. The summed E-state index contributed by atoms with van der Waals surface area (Å²) >= 11 is 0. The molecule has 6 nitrogen and oxygen atoms in total. The van der Waals surface area contributed by atoms with Crippen LogP contribution in [0.1, 0.15) is 104 Å². The van der Waals surface area contributed by atoms with E-state index in [0.29, 0.717) is 13.2 Å². The van der Waals surface area contributed by atoms with Crippen molar-refractivity contribution >= 4 is 49.5 Å². The SMILES string of the molecule is CCCCCCCCOC(=O)CC(CC[P+](=O)[O-])C(=O)OCCCCCCCC.[Na]. The van der Waals surface area contributed by atoms with E-state index in [-0.39, 0.29) is 48.6 Å². The maximum absolute atomic E-state index is 12.3. The Morgan fingerprint density at radius 3 is 1.77 bits per heavy atom. The second-order valence-electron chi connectivity index (χ2n) is 7.67. The number of ether oxygens (including phenoxy) is 2. The summed E-state index contributed by atoms with van der Waals surface area (Å²) in [7, 11) is -2.59. The Labute approximate surface area is 206 Å². The largest absolute Gasteiger partial charge is 0.596 e. The minimum Gasteiger partial charge on any atom is -0.596 e. The molecule has 1 radical (unpaired) electrons. The predicted octanol–water partition coefficient (Wildman–Crippen LogP) is 4.91. The van der Waals surface area contributed by atoms with Crippen LogP contribution in [0, 0.1) is 5.92 Å². The maximum atomic E-state index is 12.3. The van der Waals surface area contributed by atoms with Crippen molar-refractivity contribution in [1.29, 1.82) is 0 Å². The molecule has 0 saturated carbocycles. The zero-order chi connectivity index (χ0) is 21.7. The summed E-state index contributed by atoms with van der Waals surface area (Å²) < 4.78 is 21.4. The Balaban J connectivity index is 0. The molecule has 0 bridgehead atoms. The molecule has 2 atom stereocenters. The van der Waals surface area contributed by atoms with E-state index in [1.807, 2.05) is 0 Å². The van der Waals surface area contributed by atoms with Crippen molar-refractivity contribution in [1.82, 2.24) is 0 Å². The summed E-state index contributed by atoms with van der Waals surface area (Å²) in [6.07, 6.45) is 13.0. The quantitative estimate of drug-likeness (QED) is 0.112. The third-order valence-electron chi connectivity index (χ3n) is 4.91. The molecule has 0 aromatic heterocycles. The first-order chi connectivity index (χ1) is 14.0. The van der Waals surface area contributed by atoms with Gasteiger partial charge in [0.05, 0.1) is 25.6 Å². The Bertz CT molecular complexity index is 447. The Morgan fingerprint density at radius 1 is 0.800 bits per heavy atom. The number of rotatable bonds is 20. The predicted molar refractivity (Wildman–Crippen MR) is 120 cm³/mol. The molecule has 8 heteroatoms. The van der Waals surface area contributed by atoms with E-state index < -0.39 is 25.9 Å². The molecule has 0 fully saturated rings. The minimum absolute atomic E-state index is 0. The van der Waals surface area contributed by atoms with Gasteiger partial charge in [-0.15, -0.1) is 0 Å². The molecule has 171 valence electrons. The van der Waals surface area contributed by atoms with Crippen molar-refractivity contribution in [3.8, 4) is 0 Å². The first-order valence-corrected chi connectivity index (χ1v) is 12.8. The number of hydrogen-bond donors (Lipinski definition) is 0. The fraction of sp³-hybridized carbons (Fsp3) is 0.909. The third-order valence-corrected chi connectivity index (χ3v) is 5.53. The van der Waals surface area contributed by atoms with Crippen molar-refractivity contribution in [3.63, 3.8) is 0 Å². The molecule has 0 aromatic rings. The molecule has 0 spiro atoms. The van der Waals surface area contributed by atoms with E-state index >= 15 is 0 Å². The summed E-state index contributed by atoms with van der Waals surface area (Å²) in [6, 6.07) is 0. The van der Waals surface area contributed by atoms with Crippen molar-refractivity contribution in [3.05, 3.63) is 0 Å². The van der Waals surface area contributed by atoms with Gasteiger partial charge in [0.25, 0.3) is 0 Å². The Morgan fingerprint density at radius 2 is 1.27 bits per heavy atom. The second kappa shape index (κ2) is 23.7. The zero-order valence-corrected chi connectivity index (χ0v) is 22.4. The topological polar surface area (TPSA) is 92.7 Å². The third kappa shape index (κ3) is 21.2. The number of carbonyl (C=O) groups excluding carboxylic acids is 2. The van der Waals surface area contributed by atoms with Gasteiger partial charge in [0.15, 0.2) is 0 Å². The molecule has 0 heterocycles. The van der Waals surface area contributed by atoms with Crippen LogP contribution in [-0.4, -0.2) is 60.9 Å². The first-order valence-electron chi connectivity index (χ1n) is 11.4. The van der Waals surface area contributed by atoms with Gasteiger partial charge in [-0.2, -0.15) is 0 Å². The van der Waals surface area contributed by atoms with Gasteiger partial charge in [-0.1, -0.05) is 82.6 Å². The number of carbonyl (C=O) groups is 2. The molecule has 0 amide bonds. The standard InChI is InChI=1S/C22H41O6P.Na/c1-3-5-7-9-11-13-16-27-21(23)19-20(15-18-29(25)26)22(24)28-17-14-12-10-8-6-4-2;/h20H,3-19H2,1-2H3;. The summed E-state index contributed by atoms with van der Waals surface area (Å²) in [5.74, 6) is -1.70. The van der Waals surface area contributed by atoms with Gasteiger partial charge < -0.3 is 14.4 Å². The van der Waals surface area contributed by atoms with Crippen LogP contribution in [0.3, 0.4) is 0 Å². The van der Waals surface area contributed by atoms with Crippen LogP contribution in [0.5, 0.6) is 0 Å². The van der Waals surface area contributed by atoms with Crippen LogP contribution >= 0.6 is 8.03 Å². The van der Waals surface area contributed by atoms with Crippen molar-refractivity contribution in [2.24, 2.45) is 5.92 Å². The fourth-order valence-corrected chi connectivity index (χ4v) is 3.59. The molecule has 0 aliphatic heterocycles. The molecule has 0 aliphatic carbocycles. The van der Waals surface area contributed by atoms with E-state index in [1.54, 1.807) is 0 Å². The van der Waals surface area contributed by atoms with Gasteiger partial charge >= 0.3 is 20.0 Å². The van der Waals surface area contributed by atoms with Gasteiger partial charge in [-0.05, 0) is 12.8 Å². The van der Waals surface area contributed by atoms with Gasteiger partial charge in [0.2, 0.25) is 0 Å². The molecule has 0 aliphatic rings. The molecular formula is C22H41NaO6P. The van der Waals surface area contributed by atoms with Crippen LogP contribution in [0.25, 0.3) is 0 Å². The van der Waals surface area contributed by atoms with Gasteiger partial charge in [-0.3, -0.25) is 9.59 Å². The van der Waals surface area contributed by atoms with E-state index in [4.69, 9.17) is 9.47 Å². The van der Waals surface area contributed by atoms with Crippen molar-refractivity contribution < 1.29 is 28.5 Å². The van der Waals surface area contributed by atoms with Gasteiger partial charge in [-0.25, -0.2) is 0 Å². The zero-order valence-electron chi connectivity index (χ0n) is 19.5. The summed E-state index contributed by atoms with van der Waals surface area (Å²) in [4.78, 5) is 35.2. The summed E-state index contributed by atoms with van der Waals surface area (Å²) in [5, 5.41) is 0. The van der Waals surface area contributed by atoms with E-state index in [1.165, 1.54) is 38.5 Å². The van der Waals surface area contributed by atoms with E-state index in [9.17, 15) is 19.0 Å². The van der Waals surface area contributed by atoms with Crippen LogP contribution in [0.4, 0.5) is 0 Å². The fourth-order valence-electron chi connectivity index (χ4n) is 3.07. The number of unbranched alkanes of at least 4 members (excludes halogenated alkanes) is 10. The molecule has 2 unspecified atom stereocenters. The van der Waals surface area contributed by atoms with Crippen LogP contribution < -0.4 is 4.89 Å². The monoisotopic (exact) mass is 455 g/mol. The Hall–Kier alpha value is 0. The average Bonchev–Trinajstić information content (AvgIpc) is 2.69. The summed E-state index contributed by atoms with van der Waals surface area (Å²) in [6.45, 7) is 4.99. The number of esters is 2. The van der Waals surface area contributed by atoms with Crippen molar-refractivity contribution in [2.75, 3.05) is 19.4 Å². The van der Waals surface area contributed by atoms with Crippen LogP contribution in [0.15, 0.2) is 0 Å². The smallest absolute Gasteiger partial charge is 0.309 e.